The van der Waals surface area contributed by atoms with Gasteiger partial charge in [-0.1, -0.05) is 18.1 Å². The van der Waals surface area contributed by atoms with Gasteiger partial charge in [0, 0.05) is 6.08 Å². The van der Waals surface area contributed by atoms with Crippen LogP contribution in [0, 0.1) is 11.8 Å². The maximum Gasteiger partial charge on any atom is 0.328 e. The Balaban J connectivity index is 2.69. The van der Waals surface area contributed by atoms with Crippen molar-refractivity contribution in [1.82, 2.24) is 0 Å². The highest BCUT2D eigenvalue weighted by molar-refractivity contribution is 5.85. The monoisotopic (exact) mass is 216 g/mol. The zero-order valence-electron chi connectivity index (χ0n) is 8.93. The molecule has 0 aliphatic rings. The Morgan fingerprint density at radius 3 is 3.06 bits per heavy atom. The second-order valence-electron chi connectivity index (χ2n) is 2.96. The fourth-order valence-corrected chi connectivity index (χ4v) is 1.07. The Kier molecular flexibility index (Phi) is 4.68. The first kappa shape index (κ1) is 11.9. The average Bonchev–Trinajstić information content (AvgIpc) is 2.27. The predicted octanol–water partition coefficient (Wildman–Crippen LogP) is 2.19. The van der Waals surface area contributed by atoms with Crippen LogP contribution < -0.4 is 4.74 Å². The van der Waals surface area contributed by atoms with Crippen LogP contribution in [0.25, 0.3) is 6.08 Å². The van der Waals surface area contributed by atoms with E-state index in [4.69, 9.17) is 9.84 Å². The van der Waals surface area contributed by atoms with E-state index in [2.05, 4.69) is 11.8 Å². The first-order valence-electron chi connectivity index (χ1n) is 4.76. The van der Waals surface area contributed by atoms with E-state index in [9.17, 15) is 4.79 Å². The van der Waals surface area contributed by atoms with Crippen molar-refractivity contribution in [2.45, 2.75) is 6.92 Å². The van der Waals surface area contributed by atoms with Crippen molar-refractivity contribution in [3.05, 3.63) is 35.9 Å². The molecule has 82 valence electrons. The zero-order valence-corrected chi connectivity index (χ0v) is 8.93. The minimum absolute atomic E-state index is 0.336. The van der Waals surface area contributed by atoms with Gasteiger partial charge in [0.1, 0.15) is 12.4 Å². The Bertz CT molecular complexity index is 450. The average molecular weight is 216 g/mol. The van der Waals surface area contributed by atoms with E-state index >= 15 is 0 Å². The van der Waals surface area contributed by atoms with Crippen molar-refractivity contribution >= 4 is 12.0 Å². The molecule has 0 atom stereocenters. The Labute approximate surface area is 94.4 Å². The lowest BCUT2D eigenvalue weighted by Gasteiger charge is -2.02. The molecule has 3 heteroatoms. The minimum atomic E-state index is -0.969. The molecule has 0 bridgehead atoms. The molecule has 0 amide bonds. The standard InChI is InChI=1S/C13H12O3/c1-2-3-9-16-12-6-4-5-11(10-12)7-8-13(14)15/h4-8,10H,9H2,1H3,(H,14,15). The number of ether oxygens (including phenoxy) is 1. The van der Waals surface area contributed by atoms with Gasteiger partial charge in [-0.3, -0.25) is 0 Å². The van der Waals surface area contributed by atoms with Gasteiger partial charge in [-0.15, -0.1) is 5.92 Å². The van der Waals surface area contributed by atoms with E-state index in [1.54, 1.807) is 31.2 Å². The largest absolute Gasteiger partial charge is 0.481 e. The highest BCUT2D eigenvalue weighted by Gasteiger charge is 1.94. The SMILES string of the molecule is CC#CCOc1cccc(C=CC(=O)O)c1. The van der Waals surface area contributed by atoms with Crippen molar-refractivity contribution in [1.29, 1.82) is 0 Å². The molecule has 16 heavy (non-hydrogen) atoms. The van der Waals surface area contributed by atoms with Crippen molar-refractivity contribution in [2.75, 3.05) is 6.61 Å². The van der Waals surface area contributed by atoms with Gasteiger partial charge in [0.05, 0.1) is 0 Å². The topological polar surface area (TPSA) is 46.5 Å². The molecule has 0 aliphatic heterocycles. The number of carboxylic acids is 1. The molecule has 0 radical (unpaired) electrons. The quantitative estimate of drug-likeness (QED) is 0.620. The summed E-state index contributed by atoms with van der Waals surface area (Å²) in [5, 5.41) is 8.48. The van der Waals surface area contributed by atoms with Gasteiger partial charge in [0.2, 0.25) is 0 Å². The zero-order chi connectivity index (χ0) is 11.8. The molecule has 1 aromatic rings. The molecule has 1 aromatic carbocycles. The third kappa shape index (κ3) is 4.34. The lowest BCUT2D eigenvalue weighted by Crippen LogP contribution is -1.93. The molecule has 0 saturated heterocycles. The van der Waals surface area contributed by atoms with Crippen LogP contribution in [-0.2, 0) is 4.79 Å². The summed E-state index contributed by atoms with van der Waals surface area (Å²) in [6, 6.07) is 7.17. The van der Waals surface area contributed by atoms with Crippen LogP contribution in [0.3, 0.4) is 0 Å². The molecule has 1 N–H and O–H groups in total. The number of carbonyl (C=O) groups is 1. The van der Waals surface area contributed by atoms with Crippen LogP contribution >= 0.6 is 0 Å². The molecular weight excluding hydrogens is 204 g/mol. The van der Waals surface area contributed by atoms with Crippen LogP contribution in [0.2, 0.25) is 0 Å². The number of hydrogen-bond donors (Lipinski definition) is 1. The molecule has 0 saturated carbocycles. The summed E-state index contributed by atoms with van der Waals surface area (Å²) in [6.07, 6.45) is 2.60. The van der Waals surface area contributed by atoms with Gasteiger partial charge in [0.25, 0.3) is 0 Å². The van der Waals surface area contributed by atoms with Crippen LogP contribution in [0.15, 0.2) is 30.3 Å². The number of benzene rings is 1. The fraction of sp³-hybridized carbons (Fsp3) is 0.154. The Morgan fingerprint density at radius 2 is 2.38 bits per heavy atom. The Hall–Kier alpha value is -2.21. The molecular formula is C13H12O3. The van der Waals surface area contributed by atoms with Gasteiger partial charge in [-0.2, -0.15) is 0 Å². The van der Waals surface area contributed by atoms with Crippen molar-refractivity contribution in [2.24, 2.45) is 0 Å². The molecule has 0 aromatic heterocycles. The summed E-state index contributed by atoms with van der Waals surface area (Å²) in [5.74, 6) is 5.21. The number of carboxylic acid groups (broad SMARTS) is 1. The van der Waals surface area contributed by atoms with E-state index in [0.29, 0.717) is 12.4 Å². The van der Waals surface area contributed by atoms with Gasteiger partial charge < -0.3 is 9.84 Å². The summed E-state index contributed by atoms with van der Waals surface area (Å²) >= 11 is 0. The summed E-state index contributed by atoms with van der Waals surface area (Å²) in [5.41, 5.74) is 0.782. The minimum Gasteiger partial charge on any atom is -0.481 e. The smallest absolute Gasteiger partial charge is 0.328 e. The lowest BCUT2D eigenvalue weighted by molar-refractivity contribution is -0.131. The third-order valence-electron chi connectivity index (χ3n) is 1.76. The van der Waals surface area contributed by atoms with Gasteiger partial charge in [0.15, 0.2) is 0 Å². The summed E-state index contributed by atoms with van der Waals surface area (Å²) < 4.78 is 5.34. The Morgan fingerprint density at radius 1 is 1.56 bits per heavy atom. The maximum absolute atomic E-state index is 10.3. The summed E-state index contributed by atoms with van der Waals surface area (Å²) in [6.45, 7) is 2.08. The lowest BCUT2D eigenvalue weighted by atomic mass is 10.2. The van der Waals surface area contributed by atoms with Crippen molar-refractivity contribution in [3.63, 3.8) is 0 Å². The molecule has 1 rings (SSSR count). The molecule has 0 fully saturated rings. The van der Waals surface area contributed by atoms with E-state index in [0.717, 1.165) is 11.6 Å². The first-order chi connectivity index (χ1) is 7.72. The van der Waals surface area contributed by atoms with Gasteiger partial charge in [-0.25, -0.2) is 4.79 Å². The van der Waals surface area contributed by atoms with E-state index in [1.165, 1.54) is 6.08 Å². The number of hydrogen-bond acceptors (Lipinski definition) is 2. The van der Waals surface area contributed by atoms with Crippen LogP contribution in [0.1, 0.15) is 12.5 Å². The van der Waals surface area contributed by atoms with E-state index in [-0.39, 0.29) is 0 Å². The number of rotatable bonds is 4. The summed E-state index contributed by atoms with van der Waals surface area (Å²) in [4.78, 5) is 10.3. The predicted molar refractivity (Wildman–Crippen MR) is 62.1 cm³/mol. The second kappa shape index (κ2) is 6.31. The van der Waals surface area contributed by atoms with E-state index in [1.807, 2.05) is 0 Å². The number of aliphatic carboxylic acids is 1. The van der Waals surface area contributed by atoms with Gasteiger partial charge in [-0.05, 0) is 30.7 Å². The first-order valence-corrected chi connectivity index (χ1v) is 4.76. The third-order valence-corrected chi connectivity index (χ3v) is 1.76. The second-order valence-corrected chi connectivity index (χ2v) is 2.96. The molecule has 3 nitrogen and oxygen atoms in total. The summed E-state index contributed by atoms with van der Waals surface area (Å²) in [7, 11) is 0. The normalized spacial score (nSPS) is 9.56. The highest BCUT2D eigenvalue weighted by Crippen LogP contribution is 2.14. The van der Waals surface area contributed by atoms with E-state index < -0.39 is 5.97 Å². The van der Waals surface area contributed by atoms with Gasteiger partial charge >= 0.3 is 5.97 Å². The van der Waals surface area contributed by atoms with Crippen LogP contribution in [-0.4, -0.2) is 17.7 Å². The molecule has 0 unspecified atom stereocenters. The van der Waals surface area contributed by atoms with Crippen molar-refractivity contribution < 1.29 is 14.6 Å². The van der Waals surface area contributed by atoms with Crippen molar-refractivity contribution in [3.8, 4) is 17.6 Å². The highest BCUT2D eigenvalue weighted by atomic mass is 16.5. The van der Waals surface area contributed by atoms with Crippen LogP contribution in [0.5, 0.6) is 5.75 Å². The molecule has 0 spiro atoms. The molecule has 0 heterocycles. The van der Waals surface area contributed by atoms with Crippen LogP contribution in [0.4, 0.5) is 0 Å². The maximum atomic E-state index is 10.3. The fourth-order valence-electron chi connectivity index (χ4n) is 1.07. The molecule has 0 aliphatic carbocycles.